The summed E-state index contributed by atoms with van der Waals surface area (Å²) in [6.45, 7) is 6.60. The number of hydrogen-bond acceptors (Lipinski definition) is 6. The molecule has 12 heteroatoms. The second-order valence-corrected chi connectivity index (χ2v) is 16.2. The molecule has 2 fully saturated rings. The van der Waals surface area contributed by atoms with Crippen molar-refractivity contribution in [3.05, 3.63) is 118 Å². The molecule has 9 nitrogen and oxygen atoms in total. The average Bonchev–Trinajstić information content (AvgIpc) is 3.83. The monoisotopic (exact) mass is 824 g/mol. The maximum Gasteiger partial charge on any atom is 0.272 e. The van der Waals surface area contributed by atoms with Gasteiger partial charge in [0.15, 0.2) is 0 Å². The van der Waals surface area contributed by atoms with Gasteiger partial charge in [-0.25, -0.2) is 4.98 Å². The fourth-order valence-electron chi connectivity index (χ4n) is 8.47. The number of nitrogens with one attached hydrogen (secondary N) is 2. The summed E-state index contributed by atoms with van der Waals surface area (Å²) in [5.41, 5.74) is 6.67. The second-order valence-electron chi connectivity index (χ2n) is 14.9. The van der Waals surface area contributed by atoms with Gasteiger partial charge >= 0.3 is 0 Å². The molecule has 0 radical (unpaired) electrons. The van der Waals surface area contributed by atoms with Crippen molar-refractivity contribution in [3.63, 3.8) is 0 Å². The number of fused-ring (bicyclic) bond motifs is 1. The summed E-state index contributed by atoms with van der Waals surface area (Å²) in [6, 6.07) is 27.5. The van der Waals surface area contributed by atoms with Crippen LogP contribution < -0.4 is 15.0 Å². The quantitative estimate of drug-likeness (QED) is 0.120. The molecule has 1 aliphatic carbocycles. The Morgan fingerprint density at radius 2 is 1.65 bits per heavy atom. The molecule has 1 amide bonds. The lowest BCUT2D eigenvalue weighted by Crippen LogP contribution is -2.51. The number of anilines is 2. The number of amides is 1. The molecule has 8 rings (SSSR count). The average molecular weight is 826 g/mol. The minimum absolute atomic E-state index is 0.275. The number of carbonyl (C=O) groups is 1. The van der Waals surface area contributed by atoms with E-state index >= 15 is 4.79 Å². The summed E-state index contributed by atoms with van der Waals surface area (Å²) in [4.78, 5) is 28.5. The smallest absolute Gasteiger partial charge is 0.272 e. The Morgan fingerprint density at radius 1 is 0.895 bits per heavy atom. The first-order chi connectivity index (χ1) is 27.8. The van der Waals surface area contributed by atoms with Gasteiger partial charge in [-0.2, -0.15) is 0 Å². The number of carbonyl (C=O) groups excluding carboxylic acids is 1. The zero-order valence-corrected chi connectivity index (χ0v) is 34.5. The van der Waals surface area contributed by atoms with Crippen LogP contribution in [-0.2, 0) is 4.74 Å². The molecule has 1 saturated heterocycles. The molecule has 0 spiro atoms. The van der Waals surface area contributed by atoms with Crippen LogP contribution in [0.1, 0.15) is 61.1 Å². The summed E-state index contributed by atoms with van der Waals surface area (Å²) < 4.78 is 13.4. The molecule has 2 aromatic heterocycles. The van der Waals surface area contributed by atoms with Gasteiger partial charge in [-0.05, 0) is 61.7 Å². The van der Waals surface area contributed by atoms with Gasteiger partial charge in [0.25, 0.3) is 5.91 Å². The number of ether oxygens (including phenoxy) is 2. The summed E-state index contributed by atoms with van der Waals surface area (Å²) in [6.07, 6.45) is 8.35. The Morgan fingerprint density at radius 3 is 2.40 bits per heavy atom. The third kappa shape index (κ3) is 8.41. The van der Waals surface area contributed by atoms with Crippen LogP contribution in [0.25, 0.3) is 33.4 Å². The van der Waals surface area contributed by atoms with Crippen molar-refractivity contribution in [1.82, 2.24) is 19.4 Å². The molecule has 1 aliphatic heterocycles. The molecular weight excluding hydrogens is 779 g/mol. The fraction of sp³-hybridized carbons (Fsp3) is 0.333. The van der Waals surface area contributed by atoms with Gasteiger partial charge in [-0.1, -0.05) is 96.5 Å². The molecular formula is C45H47Cl3N6O3. The first-order valence-electron chi connectivity index (χ1n) is 19.7. The number of imidazole rings is 1. The van der Waals surface area contributed by atoms with Crippen LogP contribution in [0.4, 0.5) is 11.4 Å². The van der Waals surface area contributed by atoms with Gasteiger partial charge in [0.2, 0.25) is 0 Å². The molecule has 0 bridgehead atoms. The fourth-order valence-corrected chi connectivity index (χ4v) is 9.21. The summed E-state index contributed by atoms with van der Waals surface area (Å²) in [5.74, 6) is 0.339. The van der Waals surface area contributed by atoms with Crippen molar-refractivity contribution < 1.29 is 14.3 Å². The van der Waals surface area contributed by atoms with Crippen molar-refractivity contribution >= 4 is 63.0 Å². The summed E-state index contributed by atoms with van der Waals surface area (Å²) in [7, 11) is 1.65. The zero-order chi connectivity index (χ0) is 39.5. The van der Waals surface area contributed by atoms with E-state index in [0.717, 1.165) is 65.3 Å². The number of benzene rings is 4. The normalized spacial score (nSPS) is 15.9. The van der Waals surface area contributed by atoms with Crippen LogP contribution in [0.15, 0.2) is 91.3 Å². The van der Waals surface area contributed by atoms with Crippen molar-refractivity contribution in [3.8, 4) is 28.3 Å². The largest absolute Gasteiger partial charge is 0.491 e. The van der Waals surface area contributed by atoms with E-state index in [1.54, 1.807) is 13.2 Å². The Hall–Kier alpha value is -4.51. The molecule has 1 atom stereocenters. The van der Waals surface area contributed by atoms with Crippen LogP contribution in [0.2, 0.25) is 15.1 Å². The minimum Gasteiger partial charge on any atom is -0.491 e. The number of hydrogen-bond donors (Lipinski definition) is 2. The number of methoxy groups -OCH3 is 1. The predicted molar refractivity (Wildman–Crippen MR) is 233 cm³/mol. The number of piperazine rings is 1. The highest BCUT2D eigenvalue weighted by Gasteiger charge is 2.30. The van der Waals surface area contributed by atoms with Gasteiger partial charge in [-0.3, -0.25) is 9.69 Å². The van der Waals surface area contributed by atoms with Crippen LogP contribution in [0.5, 0.6) is 5.75 Å². The predicted octanol–water partition coefficient (Wildman–Crippen LogP) is 11.0. The van der Waals surface area contributed by atoms with E-state index in [2.05, 4.69) is 37.7 Å². The highest BCUT2D eigenvalue weighted by atomic mass is 35.5. The molecule has 0 unspecified atom stereocenters. The molecule has 1 saturated carbocycles. The Balaban J connectivity index is 1.21. The van der Waals surface area contributed by atoms with Crippen molar-refractivity contribution in [2.45, 2.75) is 51.1 Å². The van der Waals surface area contributed by atoms with E-state index in [9.17, 15) is 0 Å². The Labute approximate surface area is 348 Å². The van der Waals surface area contributed by atoms with E-state index in [-0.39, 0.29) is 11.9 Å². The van der Waals surface area contributed by atoms with Crippen LogP contribution >= 0.6 is 34.8 Å². The van der Waals surface area contributed by atoms with Crippen LogP contribution in [-0.4, -0.2) is 77.9 Å². The maximum atomic E-state index is 15.0. The van der Waals surface area contributed by atoms with Gasteiger partial charge in [-0.15, -0.1) is 0 Å². The highest BCUT2D eigenvalue weighted by molar-refractivity contribution is 6.35. The van der Waals surface area contributed by atoms with E-state index in [1.807, 2.05) is 79.1 Å². The SMILES string of the molecule is COCCOc1ccc(N2CCN(C3CCCCC3)CC2)c(NC(=O)c2[nH]c3cc(Cl)ccc3c2-c2c(-c3ccccc3)ncn2[C@@H](C)c2ccc(Cl)cc2Cl)c1. The van der Waals surface area contributed by atoms with Crippen LogP contribution in [0, 0.1) is 0 Å². The first kappa shape index (κ1) is 39.3. The molecule has 3 heterocycles. The highest BCUT2D eigenvalue weighted by Crippen LogP contribution is 2.43. The molecule has 2 aliphatic rings. The lowest BCUT2D eigenvalue weighted by atomic mass is 9.94. The van der Waals surface area contributed by atoms with Gasteiger partial charge < -0.3 is 29.2 Å². The van der Waals surface area contributed by atoms with Crippen molar-refractivity contribution in [2.75, 3.05) is 56.7 Å². The molecule has 296 valence electrons. The standard InChI is InChI=1S/C45H47Cl3N6O3/c1-29(35-16-13-31(46)25-37(35)48)54-28-49-42(30-9-5-3-6-10-30)44(54)41-36-17-14-32(47)26-38(36)50-43(41)45(55)51-39-27-34(57-24-23-56-2)15-18-40(39)53-21-19-52(20-22-53)33-11-7-4-8-12-33/h3,5-6,9-10,13-18,25-29,33,50H,4,7-8,11-12,19-24H2,1-2H3,(H,51,55)/t29-/m0/s1. The van der Waals surface area contributed by atoms with E-state index in [0.29, 0.717) is 57.0 Å². The van der Waals surface area contributed by atoms with Gasteiger partial charge in [0.1, 0.15) is 18.1 Å². The number of aromatic amines is 1. The second kappa shape index (κ2) is 17.5. The topological polar surface area (TPSA) is 87.7 Å². The number of aromatic nitrogens is 3. The number of H-pyrrole nitrogens is 1. The molecule has 6 aromatic rings. The van der Waals surface area contributed by atoms with E-state index in [4.69, 9.17) is 49.3 Å². The number of nitrogens with zero attached hydrogens (tertiary/aromatic N) is 4. The van der Waals surface area contributed by atoms with Crippen molar-refractivity contribution in [2.24, 2.45) is 0 Å². The third-order valence-electron chi connectivity index (χ3n) is 11.4. The molecule has 4 aromatic carbocycles. The zero-order valence-electron chi connectivity index (χ0n) is 32.2. The van der Waals surface area contributed by atoms with Gasteiger partial charge in [0.05, 0.1) is 41.7 Å². The maximum absolute atomic E-state index is 15.0. The summed E-state index contributed by atoms with van der Waals surface area (Å²) in [5, 5.41) is 5.80. The Kier molecular flexibility index (Phi) is 12.1. The minimum atomic E-state index is -0.308. The number of halogens is 3. The third-order valence-corrected chi connectivity index (χ3v) is 12.2. The lowest BCUT2D eigenvalue weighted by Gasteiger charge is -2.42. The van der Waals surface area contributed by atoms with E-state index in [1.165, 1.54) is 32.1 Å². The Bertz CT molecular complexity index is 2350. The first-order valence-corrected chi connectivity index (χ1v) is 20.9. The van der Waals surface area contributed by atoms with Crippen molar-refractivity contribution in [1.29, 1.82) is 0 Å². The molecule has 57 heavy (non-hydrogen) atoms. The number of rotatable bonds is 12. The summed E-state index contributed by atoms with van der Waals surface area (Å²) >= 11 is 19.7. The van der Waals surface area contributed by atoms with E-state index < -0.39 is 0 Å². The van der Waals surface area contributed by atoms with Gasteiger partial charge in [0, 0.05) is 82.5 Å². The van der Waals surface area contributed by atoms with Crippen LogP contribution in [0.3, 0.4) is 0 Å². The molecule has 2 N–H and O–H groups in total. The lowest BCUT2D eigenvalue weighted by molar-refractivity contribution is 0.102.